The molecule has 5 rings (SSSR count). The maximum Gasteiger partial charge on any atom is 0.242 e. The van der Waals surface area contributed by atoms with E-state index in [0.717, 1.165) is 17.9 Å². The number of thioether (sulfide) groups is 1. The number of alkyl halides is 1. The molecule has 39 heavy (non-hydrogen) atoms. The zero-order chi connectivity index (χ0) is 27.7. The molecule has 1 unspecified atom stereocenters. The maximum atomic E-state index is 13.6. The lowest BCUT2D eigenvalue weighted by atomic mass is 9.78. The fourth-order valence-corrected chi connectivity index (χ4v) is 7.40. The van der Waals surface area contributed by atoms with Gasteiger partial charge in [0.2, 0.25) is 17.7 Å². The molecule has 3 amide bonds. The first-order valence-corrected chi connectivity index (χ1v) is 14.4. The van der Waals surface area contributed by atoms with Crippen LogP contribution >= 0.6 is 11.8 Å². The molecule has 3 fully saturated rings. The van der Waals surface area contributed by atoms with Crippen molar-refractivity contribution < 1.29 is 18.8 Å². The average molecular weight is 565 g/mol. The Labute approximate surface area is 231 Å². The van der Waals surface area contributed by atoms with Crippen LogP contribution in [0.4, 0.5) is 4.39 Å². The molecule has 0 radical (unpaired) electrons. The topological polar surface area (TPSA) is 155 Å². The number of aromatic nitrogens is 4. The second-order valence-electron chi connectivity index (χ2n) is 10.8. The molecular weight excluding hydrogens is 527 g/mol. The van der Waals surface area contributed by atoms with Crippen LogP contribution in [0.15, 0.2) is 17.4 Å². The third-order valence-corrected chi connectivity index (χ3v) is 9.61. The summed E-state index contributed by atoms with van der Waals surface area (Å²) in [6.45, 7) is 7.54. The minimum absolute atomic E-state index is 0.00183. The average Bonchev–Trinajstić information content (AvgIpc) is 3.65. The van der Waals surface area contributed by atoms with Crippen LogP contribution in [0, 0.1) is 11.8 Å². The second-order valence-corrected chi connectivity index (χ2v) is 12.2. The predicted molar refractivity (Wildman–Crippen MR) is 142 cm³/mol. The molecule has 1 aromatic heterocycles. The van der Waals surface area contributed by atoms with E-state index in [1.807, 2.05) is 22.9 Å². The van der Waals surface area contributed by atoms with Crippen molar-refractivity contribution in [2.24, 2.45) is 17.6 Å². The number of piperazine rings is 1. The first kappa shape index (κ1) is 27.9. The van der Waals surface area contributed by atoms with Crippen molar-refractivity contribution in [2.45, 2.75) is 56.4 Å². The number of carbonyl (C=O) groups is 3. The molecule has 4 aliphatic rings. The summed E-state index contributed by atoms with van der Waals surface area (Å²) in [5.41, 5.74) is 5.39. The van der Waals surface area contributed by atoms with E-state index in [4.69, 9.17) is 5.73 Å². The van der Waals surface area contributed by atoms with Crippen molar-refractivity contribution in [3.05, 3.63) is 17.4 Å². The van der Waals surface area contributed by atoms with Crippen molar-refractivity contribution in [3.8, 4) is 0 Å². The molecule has 15 heteroatoms. The predicted octanol–water partition coefficient (Wildman–Crippen LogP) is -1.60. The van der Waals surface area contributed by atoms with Crippen LogP contribution in [0.5, 0.6) is 0 Å². The van der Waals surface area contributed by atoms with E-state index in [1.165, 1.54) is 11.0 Å². The number of nitrogens with zero attached hydrogens (tertiary/aromatic N) is 7. The van der Waals surface area contributed by atoms with Gasteiger partial charge in [-0.3, -0.25) is 19.3 Å². The Morgan fingerprint density at radius 3 is 2.77 bits per heavy atom. The van der Waals surface area contributed by atoms with Crippen LogP contribution in [0.2, 0.25) is 0 Å². The van der Waals surface area contributed by atoms with Gasteiger partial charge in [-0.25, -0.2) is 9.07 Å². The largest absolute Gasteiger partial charge is 0.351 e. The third-order valence-electron chi connectivity index (χ3n) is 8.17. The summed E-state index contributed by atoms with van der Waals surface area (Å²) in [6.07, 6.45) is 3.01. The summed E-state index contributed by atoms with van der Waals surface area (Å²) in [6, 6.07) is -0.537. The standard InChI is InChI=1S/C24H37FN10O3S/c1-14-19(11-35-22(14)21(24(35)38)15(2)29-20(36)12-34-13-28-30-31-34)39-17-7-18(27-9-17)23(37)33-5-3-32(4-6-33)10-16(25)8-26/h11,13-18,21-22,27H,3-10,12,26H2,1-2H3,(H,29,36)/t14-,15+,16?,17-,18-,21+,22+/m0/s1. The molecule has 3 saturated heterocycles. The van der Waals surface area contributed by atoms with Crippen molar-refractivity contribution in [1.82, 2.24) is 45.5 Å². The zero-order valence-corrected chi connectivity index (χ0v) is 23.1. The van der Waals surface area contributed by atoms with Crippen molar-refractivity contribution in [1.29, 1.82) is 0 Å². The van der Waals surface area contributed by atoms with Crippen molar-refractivity contribution >= 4 is 29.5 Å². The van der Waals surface area contributed by atoms with Crippen molar-refractivity contribution in [2.75, 3.05) is 45.8 Å². The first-order chi connectivity index (χ1) is 18.7. The fourth-order valence-electron chi connectivity index (χ4n) is 6.02. The van der Waals surface area contributed by atoms with Crippen LogP contribution in [0.25, 0.3) is 0 Å². The number of hydrogen-bond donors (Lipinski definition) is 3. The molecule has 4 N–H and O–H groups in total. The number of nitrogens with one attached hydrogen (secondary N) is 2. The van der Waals surface area contributed by atoms with Gasteiger partial charge in [0, 0.05) is 74.1 Å². The zero-order valence-electron chi connectivity index (χ0n) is 22.3. The number of fused-ring (bicyclic) bond motifs is 1. The Balaban J connectivity index is 1.08. The summed E-state index contributed by atoms with van der Waals surface area (Å²) in [5, 5.41) is 17.3. The van der Waals surface area contributed by atoms with E-state index in [1.54, 1.807) is 16.7 Å². The highest BCUT2D eigenvalue weighted by Crippen LogP contribution is 2.48. The summed E-state index contributed by atoms with van der Waals surface area (Å²) >= 11 is 1.74. The van der Waals surface area contributed by atoms with Gasteiger partial charge < -0.3 is 26.2 Å². The van der Waals surface area contributed by atoms with Crippen LogP contribution in [0.3, 0.4) is 0 Å². The number of carbonyl (C=O) groups excluding carboxylic acids is 3. The molecule has 5 heterocycles. The van der Waals surface area contributed by atoms with E-state index < -0.39 is 6.17 Å². The minimum atomic E-state index is -1.03. The highest BCUT2D eigenvalue weighted by Gasteiger charge is 2.56. The van der Waals surface area contributed by atoms with E-state index in [2.05, 4.69) is 33.1 Å². The lowest BCUT2D eigenvalue weighted by Crippen LogP contribution is -2.64. The maximum absolute atomic E-state index is 13.6. The van der Waals surface area contributed by atoms with Gasteiger partial charge in [0.1, 0.15) is 19.0 Å². The van der Waals surface area contributed by atoms with Crippen LogP contribution in [0.1, 0.15) is 20.3 Å². The van der Waals surface area contributed by atoms with E-state index in [9.17, 15) is 18.8 Å². The van der Waals surface area contributed by atoms with E-state index >= 15 is 0 Å². The van der Waals surface area contributed by atoms with Gasteiger partial charge >= 0.3 is 0 Å². The van der Waals surface area contributed by atoms with Gasteiger partial charge in [0.05, 0.1) is 18.0 Å². The SMILES string of the molecule is C[C@@H](NC(=O)Cn1cnnn1)[C@H]1C(=O)N2C=C(S[C@@H]3CN[C@H](C(=O)N4CCN(CC(F)CN)CC4)C3)[C@H](C)[C@H]12. The molecule has 1 aromatic rings. The van der Waals surface area contributed by atoms with Gasteiger partial charge in [-0.15, -0.1) is 16.9 Å². The van der Waals surface area contributed by atoms with Crippen LogP contribution in [-0.2, 0) is 20.9 Å². The lowest BCUT2D eigenvalue weighted by Gasteiger charge is -2.46. The number of β-lactam (4-membered cyclic amide) rings is 1. The fraction of sp³-hybridized carbons (Fsp3) is 0.750. The summed E-state index contributed by atoms with van der Waals surface area (Å²) in [5.74, 6) is -0.274. The highest BCUT2D eigenvalue weighted by atomic mass is 32.2. The number of rotatable bonds is 10. The van der Waals surface area contributed by atoms with Gasteiger partial charge in [0.25, 0.3) is 0 Å². The first-order valence-electron chi connectivity index (χ1n) is 13.5. The molecule has 0 spiro atoms. The Morgan fingerprint density at radius 1 is 1.31 bits per heavy atom. The summed E-state index contributed by atoms with van der Waals surface area (Å²) in [7, 11) is 0. The van der Waals surface area contributed by atoms with Gasteiger partial charge in [-0.2, -0.15) is 0 Å². The van der Waals surface area contributed by atoms with Crippen LogP contribution in [-0.4, -0.2) is 128 Å². The Kier molecular flexibility index (Phi) is 8.49. The molecule has 4 aliphatic heterocycles. The number of amides is 3. The molecular formula is C24H37FN10O3S. The molecule has 7 atom stereocenters. The molecule has 0 bridgehead atoms. The Morgan fingerprint density at radius 2 is 2.08 bits per heavy atom. The second kappa shape index (κ2) is 11.9. The molecule has 214 valence electrons. The molecule has 0 aromatic carbocycles. The monoisotopic (exact) mass is 564 g/mol. The minimum Gasteiger partial charge on any atom is -0.351 e. The normalized spacial score (nSPS) is 30.5. The quantitative estimate of drug-likeness (QED) is 0.283. The lowest BCUT2D eigenvalue weighted by molar-refractivity contribution is -0.153. The number of tetrazole rings is 1. The molecule has 0 aliphatic carbocycles. The molecule has 13 nitrogen and oxygen atoms in total. The highest BCUT2D eigenvalue weighted by molar-refractivity contribution is 8.03. The summed E-state index contributed by atoms with van der Waals surface area (Å²) in [4.78, 5) is 45.2. The summed E-state index contributed by atoms with van der Waals surface area (Å²) < 4.78 is 14.9. The molecule has 0 saturated carbocycles. The van der Waals surface area contributed by atoms with E-state index in [-0.39, 0.29) is 66.0 Å². The van der Waals surface area contributed by atoms with Crippen LogP contribution < -0.4 is 16.4 Å². The van der Waals surface area contributed by atoms with Crippen molar-refractivity contribution in [3.63, 3.8) is 0 Å². The smallest absolute Gasteiger partial charge is 0.242 e. The number of halogens is 1. The Bertz CT molecular complexity index is 1080. The van der Waals surface area contributed by atoms with Gasteiger partial charge in [-0.1, -0.05) is 6.92 Å². The van der Waals surface area contributed by atoms with Gasteiger partial charge in [-0.05, 0) is 23.8 Å². The third kappa shape index (κ3) is 5.95. The van der Waals surface area contributed by atoms with Gasteiger partial charge in [0.15, 0.2) is 0 Å². The van der Waals surface area contributed by atoms with E-state index in [0.29, 0.717) is 32.7 Å². The number of hydrogen-bond acceptors (Lipinski definition) is 10. The Hall–Kier alpha value is -2.62. The number of nitrogens with two attached hydrogens (primary N) is 1.